The summed E-state index contributed by atoms with van der Waals surface area (Å²) in [7, 11) is 0. The maximum Gasteiger partial charge on any atom is 0.338 e. The average Bonchev–Trinajstić information content (AvgIpc) is 2.27. The Morgan fingerprint density at radius 2 is 2.24 bits per heavy atom. The largest absolute Gasteiger partial charge is 0.462 e. The zero-order valence-electron chi connectivity index (χ0n) is 9.74. The first-order valence-electron chi connectivity index (χ1n) is 5.44. The van der Waals surface area contributed by atoms with Gasteiger partial charge in [0, 0.05) is 10.7 Å². The summed E-state index contributed by atoms with van der Waals surface area (Å²) in [4.78, 5) is 11.6. The highest BCUT2D eigenvalue weighted by atomic mass is 35.5. The molecule has 0 bridgehead atoms. The number of hydrogen-bond acceptors (Lipinski definition) is 4. The van der Waals surface area contributed by atoms with Crippen molar-refractivity contribution >= 4 is 35.0 Å². The van der Waals surface area contributed by atoms with Crippen LogP contribution >= 0.6 is 23.4 Å². The molecule has 1 aromatic rings. The first kappa shape index (κ1) is 14.2. The number of hydrogen-bond donors (Lipinski definition) is 1. The van der Waals surface area contributed by atoms with Crippen molar-refractivity contribution in [2.75, 3.05) is 23.8 Å². The van der Waals surface area contributed by atoms with Crippen LogP contribution in [0, 0.1) is 0 Å². The number of rotatable bonds is 6. The molecule has 0 fully saturated rings. The molecular formula is C12H16ClNO2S. The van der Waals surface area contributed by atoms with E-state index < -0.39 is 0 Å². The molecule has 94 valence electrons. The molecule has 5 heteroatoms. The fraction of sp³-hybridized carbons (Fsp3) is 0.417. The second-order valence-electron chi connectivity index (χ2n) is 3.46. The van der Waals surface area contributed by atoms with Crippen molar-refractivity contribution in [3.8, 4) is 0 Å². The van der Waals surface area contributed by atoms with Crippen LogP contribution in [0.3, 0.4) is 0 Å². The van der Waals surface area contributed by atoms with Crippen LogP contribution in [0.25, 0.3) is 0 Å². The van der Waals surface area contributed by atoms with Gasteiger partial charge in [-0.1, -0.05) is 18.5 Å². The van der Waals surface area contributed by atoms with Gasteiger partial charge in [-0.05, 0) is 36.1 Å². The molecule has 0 aromatic heterocycles. The number of esters is 1. The minimum absolute atomic E-state index is 0.374. The summed E-state index contributed by atoms with van der Waals surface area (Å²) in [5.41, 5.74) is 6.46. The Morgan fingerprint density at radius 1 is 1.47 bits per heavy atom. The third kappa shape index (κ3) is 5.33. The van der Waals surface area contributed by atoms with Crippen LogP contribution in [-0.4, -0.2) is 24.1 Å². The molecule has 1 rings (SSSR count). The zero-order valence-corrected chi connectivity index (χ0v) is 11.3. The van der Waals surface area contributed by atoms with Crippen LogP contribution in [0.5, 0.6) is 0 Å². The van der Waals surface area contributed by atoms with Gasteiger partial charge >= 0.3 is 5.97 Å². The molecule has 17 heavy (non-hydrogen) atoms. The van der Waals surface area contributed by atoms with Gasteiger partial charge in [-0.2, -0.15) is 11.8 Å². The van der Waals surface area contributed by atoms with Gasteiger partial charge in [0.15, 0.2) is 0 Å². The number of carbonyl (C=O) groups is 1. The molecule has 0 aliphatic heterocycles. The Labute approximate surface area is 111 Å². The molecule has 2 N–H and O–H groups in total. The molecule has 0 radical (unpaired) electrons. The Balaban J connectivity index is 2.41. The number of halogens is 1. The van der Waals surface area contributed by atoms with Gasteiger partial charge in [0.05, 0.1) is 12.2 Å². The van der Waals surface area contributed by atoms with Gasteiger partial charge in [-0.3, -0.25) is 0 Å². The summed E-state index contributed by atoms with van der Waals surface area (Å²) in [6, 6.07) is 4.71. The van der Waals surface area contributed by atoms with E-state index in [-0.39, 0.29) is 5.97 Å². The SMILES string of the molecule is CCSCCCOC(=O)c1cc(N)cc(Cl)c1. The third-order valence-corrected chi connectivity index (χ3v) is 3.23. The number of benzene rings is 1. The Morgan fingerprint density at radius 3 is 2.88 bits per heavy atom. The van der Waals surface area contributed by atoms with Crippen molar-refractivity contribution in [3.63, 3.8) is 0 Å². The monoisotopic (exact) mass is 273 g/mol. The summed E-state index contributed by atoms with van der Waals surface area (Å²) in [6.07, 6.45) is 0.861. The van der Waals surface area contributed by atoms with Gasteiger partial charge in [-0.25, -0.2) is 4.79 Å². The quantitative estimate of drug-likeness (QED) is 0.491. The first-order chi connectivity index (χ1) is 8.13. The number of nitrogen functional groups attached to an aromatic ring is 1. The van der Waals surface area contributed by atoms with E-state index in [1.807, 2.05) is 11.8 Å². The molecule has 0 amide bonds. The summed E-state index contributed by atoms with van der Waals surface area (Å²) in [5.74, 6) is 1.71. The number of anilines is 1. The lowest BCUT2D eigenvalue weighted by Gasteiger charge is -2.05. The average molecular weight is 274 g/mol. The second kappa shape index (κ2) is 7.45. The van der Waals surface area contributed by atoms with E-state index in [0.29, 0.717) is 22.9 Å². The lowest BCUT2D eigenvalue weighted by atomic mass is 10.2. The first-order valence-corrected chi connectivity index (χ1v) is 6.97. The topological polar surface area (TPSA) is 52.3 Å². The Bertz CT molecular complexity index is 365. The van der Waals surface area contributed by atoms with E-state index in [9.17, 15) is 4.79 Å². The highest BCUT2D eigenvalue weighted by molar-refractivity contribution is 7.99. The fourth-order valence-electron chi connectivity index (χ4n) is 1.28. The summed E-state index contributed by atoms with van der Waals surface area (Å²) in [6.45, 7) is 2.53. The molecular weight excluding hydrogens is 258 g/mol. The molecule has 0 spiro atoms. The van der Waals surface area contributed by atoms with Gasteiger partial charge < -0.3 is 10.5 Å². The van der Waals surface area contributed by atoms with Crippen LogP contribution in [0.2, 0.25) is 5.02 Å². The van der Waals surface area contributed by atoms with Crippen LogP contribution in [0.15, 0.2) is 18.2 Å². The van der Waals surface area contributed by atoms with E-state index in [0.717, 1.165) is 17.9 Å². The van der Waals surface area contributed by atoms with E-state index in [1.54, 1.807) is 18.2 Å². The lowest BCUT2D eigenvalue weighted by molar-refractivity contribution is 0.0506. The lowest BCUT2D eigenvalue weighted by Crippen LogP contribution is -2.07. The molecule has 1 aromatic carbocycles. The maximum atomic E-state index is 11.6. The maximum absolute atomic E-state index is 11.6. The van der Waals surface area contributed by atoms with Gasteiger partial charge in [0.25, 0.3) is 0 Å². The smallest absolute Gasteiger partial charge is 0.338 e. The van der Waals surface area contributed by atoms with E-state index in [4.69, 9.17) is 22.1 Å². The summed E-state index contributed by atoms with van der Waals surface area (Å²) in [5, 5.41) is 0.443. The minimum Gasteiger partial charge on any atom is -0.462 e. The van der Waals surface area contributed by atoms with Crippen molar-refractivity contribution < 1.29 is 9.53 Å². The number of thioether (sulfide) groups is 1. The van der Waals surface area contributed by atoms with Crippen LogP contribution in [0.4, 0.5) is 5.69 Å². The third-order valence-electron chi connectivity index (χ3n) is 2.03. The summed E-state index contributed by atoms with van der Waals surface area (Å²) < 4.78 is 5.12. The molecule has 0 aliphatic carbocycles. The van der Waals surface area contributed by atoms with E-state index >= 15 is 0 Å². The highest BCUT2D eigenvalue weighted by Crippen LogP contribution is 2.17. The van der Waals surface area contributed by atoms with Gasteiger partial charge in [0.1, 0.15) is 0 Å². The fourth-order valence-corrected chi connectivity index (χ4v) is 2.14. The predicted octanol–water partition coefficient (Wildman–Crippen LogP) is 3.22. The normalized spacial score (nSPS) is 10.2. The molecule has 0 saturated carbocycles. The predicted molar refractivity (Wildman–Crippen MR) is 73.8 cm³/mol. The van der Waals surface area contributed by atoms with Gasteiger partial charge in [-0.15, -0.1) is 0 Å². The number of nitrogens with two attached hydrogens (primary N) is 1. The van der Waals surface area contributed by atoms with E-state index in [1.165, 1.54) is 0 Å². The van der Waals surface area contributed by atoms with Crippen molar-refractivity contribution in [3.05, 3.63) is 28.8 Å². The Kier molecular flexibility index (Phi) is 6.22. The molecule has 0 atom stereocenters. The van der Waals surface area contributed by atoms with Crippen LogP contribution < -0.4 is 5.73 Å². The number of ether oxygens (including phenoxy) is 1. The summed E-state index contributed by atoms with van der Waals surface area (Å²) >= 11 is 7.63. The van der Waals surface area contributed by atoms with Crippen molar-refractivity contribution in [1.29, 1.82) is 0 Å². The van der Waals surface area contributed by atoms with Gasteiger partial charge in [0.2, 0.25) is 0 Å². The van der Waals surface area contributed by atoms with Crippen molar-refractivity contribution in [2.24, 2.45) is 0 Å². The molecule has 0 heterocycles. The minimum atomic E-state index is -0.374. The van der Waals surface area contributed by atoms with Crippen LogP contribution in [0.1, 0.15) is 23.7 Å². The van der Waals surface area contributed by atoms with Crippen molar-refractivity contribution in [1.82, 2.24) is 0 Å². The zero-order chi connectivity index (χ0) is 12.7. The second-order valence-corrected chi connectivity index (χ2v) is 5.29. The van der Waals surface area contributed by atoms with Crippen molar-refractivity contribution in [2.45, 2.75) is 13.3 Å². The highest BCUT2D eigenvalue weighted by Gasteiger charge is 2.08. The molecule has 0 unspecified atom stereocenters. The van der Waals surface area contributed by atoms with Crippen LogP contribution in [-0.2, 0) is 4.74 Å². The molecule has 3 nitrogen and oxygen atoms in total. The standard InChI is InChI=1S/C12H16ClNO2S/c1-2-17-5-3-4-16-12(15)9-6-10(13)8-11(14)7-9/h6-8H,2-5,14H2,1H3. The molecule has 0 aliphatic rings. The molecule has 0 saturated heterocycles. The van der Waals surface area contributed by atoms with E-state index in [2.05, 4.69) is 6.92 Å². The Hall–Kier alpha value is -0.870. The number of carbonyl (C=O) groups excluding carboxylic acids is 1.